The Balaban J connectivity index is 1.66. The van der Waals surface area contributed by atoms with Crippen LogP contribution < -0.4 is 0 Å². The third-order valence-corrected chi connectivity index (χ3v) is 6.70. The molecule has 1 unspecified atom stereocenters. The Kier molecular flexibility index (Phi) is 5.45. The van der Waals surface area contributed by atoms with Crippen molar-refractivity contribution in [3.63, 3.8) is 0 Å². The van der Waals surface area contributed by atoms with Crippen LogP contribution in [0.4, 0.5) is 0 Å². The smallest absolute Gasteiger partial charge is 0.322 e. The van der Waals surface area contributed by atoms with Crippen LogP contribution in [-0.4, -0.2) is 30.6 Å². The number of ether oxygens (including phenoxy) is 2. The minimum atomic E-state index is -1.02. The van der Waals surface area contributed by atoms with Crippen molar-refractivity contribution in [1.29, 1.82) is 0 Å². The fraction of sp³-hybridized carbons (Fsp3) is 0.391. The van der Waals surface area contributed by atoms with Gasteiger partial charge in [-0.25, -0.2) is 0 Å². The van der Waals surface area contributed by atoms with Gasteiger partial charge in [-0.05, 0) is 73.6 Å². The summed E-state index contributed by atoms with van der Waals surface area (Å²) in [4.78, 5) is 26.0. The second-order valence-electron chi connectivity index (χ2n) is 7.84. The monoisotopic (exact) mass is 432 g/mol. The molecular formula is C23H22Cl2O4. The molecule has 1 spiro atoms. The van der Waals surface area contributed by atoms with Gasteiger partial charge < -0.3 is 9.47 Å². The summed E-state index contributed by atoms with van der Waals surface area (Å²) < 4.78 is 11.1. The summed E-state index contributed by atoms with van der Waals surface area (Å²) in [5, 5.41) is 1.13. The molecule has 0 aromatic heterocycles. The van der Waals surface area contributed by atoms with E-state index in [1.54, 1.807) is 25.3 Å². The molecule has 152 valence electrons. The van der Waals surface area contributed by atoms with Crippen molar-refractivity contribution in [2.75, 3.05) is 7.11 Å². The number of aryl methyl sites for hydroxylation is 1. The molecule has 2 aliphatic rings. The minimum Gasteiger partial charge on any atom is -0.450 e. The number of Topliss-reactive ketones (excluding diaryl/α,β-unsaturated/α-hetero) is 1. The summed E-state index contributed by atoms with van der Waals surface area (Å²) in [5.74, 6) is -1.56. The van der Waals surface area contributed by atoms with Crippen molar-refractivity contribution < 1.29 is 19.1 Å². The van der Waals surface area contributed by atoms with Gasteiger partial charge in [0.1, 0.15) is 5.92 Å². The van der Waals surface area contributed by atoms with Crippen LogP contribution >= 0.6 is 23.2 Å². The van der Waals surface area contributed by atoms with Gasteiger partial charge in [-0.15, -0.1) is 0 Å². The highest BCUT2D eigenvalue weighted by atomic mass is 35.5. The molecule has 4 nitrogen and oxygen atoms in total. The molecule has 0 amide bonds. The number of ketones is 1. The van der Waals surface area contributed by atoms with Crippen LogP contribution in [0, 0.1) is 6.92 Å². The molecule has 1 atom stereocenters. The summed E-state index contributed by atoms with van der Waals surface area (Å²) in [6.45, 7) is 1.89. The highest BCUT2D eigenvalue weighted by Gasteiger charge is 2.56. The van der Waals surface area contributed by atoms with Crippen molar-refractivity contribution in [3.8, 4) is 11.1 Å². The van der Waals surface area contributed by atoms with Gasteiger partial charge >= 0.3 is 5.97 Å². The number of methoxy groups -OCH3 is 1. The van der Waals surface area contributed by atoms with Gasteiger partial charge in [-0.2, -0.15) is 0 Å². The fourth-order valence-electron chi connectivity index (χ4n) is 4.44. The first-order chi connectivity index (χ1) is 13.8. The molecule has 1 aliphatic heterocycles. The Bertz CT molecular complexity index is 960. The normalized spacial score (nSPS) is 26.8. The van der Waals surface area contributed by atoms with E-state index < -0.39 is 17.5 Å². The molecule has 2 aromatic carbocycles. The lowest BCUT2D eigenvalue weighted by Gasteiger charge is -2.33. The van der Waals surface area contributed by atoms with Crippen molar-refractivity contribution in [2.45, 2.75) is 50.2 Å². The summed E-state index contributed by atoms with van der Waals surface area (Å²) in [6.07, 6.45) is 2.53. The van der Waals surface area contributed by atoms with E-state index in [0.29, 0.717) is 41.3 Å². The van der Waals surface area contributed by atoms with E-state index in [0.717, 1.165) is 16.7 Å². The van der Waals surface area contributed by atoms with Crippen LogP contribution in [0.5, 0.6) is 0 Å². The number of carbonyl (C=O) groups is 2. The number of carbonyl (C=O) groups excluding carboxylic acids is 2. The van der Waals surface area contributed by atoms with Crippen LogP contribution in [0.1, 0.15) is 42.7 Å². The Morgan fingerprint density at radius 2 is 1.72 bits per heavy atom. The molecule has 6 heteroatoms. The van der Waals surface area contributed by atoms with Gasteiger partial charge in [0, 0.05) is 22.7 Å². The van der Waals surface area contributed by atoms with Crippen LogP contribution in [0.3, 0.4) is 0 Å². The van der Waals surface area contributed by atoms with Crippen LogP contribution in [0.25, 0.3) is 11.1 Å². The third-order valence-electron chi connectivity index (χ3n) is 6.14. The van der Waals surface area contributed by atoms with Gasteiger partial charge in [0.05, 0.1) is 6.10 Å². The standard InChI is InChI=1S/C23H22Cl2O4/c1-13-11-18(14-3-5-15(24)6-4-14)19(25)12-17(13)20-21(26)23(29-22(20)27)9-7-16(28-2)8-10-23/h3-6,11-12,16,20H,7-10H2,1-2H3. The van der Waals surface area contributed by atoms with Crippen molar-refractivity contribution in [2.24, 2.45) is 0 Å². The first-order valence-corrected chi connectivity index (χ1v) is 10.5. The summed E-state index contributed by atoms with van der Waals surface area (Å²) in [5.41, 5.74) is 2.18. The zero-order valence-electron chi connectivity index (χ0n) is 16.3. The second kappa shape index (κ2) is 7.75. The van der Waals surface area contributed by atoms with E-state index in [-0.39, 0.29) is 11.9 Å². The molecule has 0 radical (unpaired) electrons. The van der Waals surface area contributed by atoms with Gasteiger partial charge in [-0.1, -0.05) is 35.3 Å². The van der Waals surface area contributed by atoms with Crippen molar-refractivity contribution >= 4 is 35.0 Å². The van der Waals surface area contributed by atoms with E-state index in [1.165, 1.54) is 0 Å². The average molecular weight is 433 g/mol. The quantitative estimate of drug-likeness (QED) is 0.474. The minimum absolute atomic E-state index is 0.112. The summed E-state index contributed by atoms with van der Waals surface area (Å²) in [7, 11) is 1.67. The molecular weight excluding hydrogens is 411 g/mol. The van der Waals surface area contributed by atoms with E-state index in [4.69, 9.17) is 32.7 Å². The maximum absolute atomic E-state index is 13.3. The lowest BCUT2D eigenvalue weighted by atomic mass is 9.76. The highest BCUT2D eigenvalue weighted by Crippen LogP contribution is 2.45. The molecule has 29 heavy (non-hydrogen) atoms. The molecule has 4 rings (SSSR count). The van der Waals surface area contributed by atoms with E-state index in [2.05, 4.69) is 0 Å². The van der Waals surface area contributed by atoms with Gasteiger partial charge in [0.25, 0.3) is 0 Å². The Morgan fingerprint density at radius 1 is 1.07 bits per heavy atom. The predicted octanol–water partition coefficient (Wildman–Crippen LogP) is 5.51. The molecule has 1 saturated carbocycles. The lowest BCUT2D eigenvalue weighted by Crippen LogP contribution is -2.42. The lowest BCUT2D eigenvalue weighted by molar-refractivity contribution is -0.157. The van der Waals surface area contributed by atoms with Crippen LogP contribution in [-0.2, 0) is 19.1 Å². The zero-order valence-corrected chi connectivity index (χ0v) is 17.8. The largest absolute Gasteiger partial charge is 0.450 e. The molecule has 1 aliphatic carbocycles. The fourth-order valence-corrected chi connectivity index (χ4v) is 4.85. The van der Waals surface area contributed by atoms with E-state index in [9.17, 15) is 9.59 Å². The second-order valence-corrected chi connectivity index (χ2v) is 8.69. The van der Waals surface area contributed by atoms with Crippen LogP contribution in [0.2, 0.25) is 10.0 Å². The number of esters is 1. The number of rotatable bonds is 3. The topological polar surface area (TPSA) is 52.6 Å². The molecule has 2 fully saturated rings. The molecule has 0 bridgehead atoms. The van der Waals surface area contributed by atoms with Crippen molar-refractivity contribution in [3.05, 3.63) is 57.6 Å². The van der Waals surface area contributed by atoms with E-state index >= 15 is 0 Å². The first kappa shape index (κ1) is 20.4. The molecule has 1 heterocycles. The number of hydrogen-bond donors (Lipinski definition) is 0. The number of halogens is 2. The van der Waals surface area contributed by atoms with Crippen molar-refractivity contribution in [1.82, 2.24) is 0 Å². The predicted molar refractivity (Wildman–Crippen MR) is 112 cm³/mol. The third kappa shape index (κ3) is 3.58. The molecule has 2 aromatic rings. The highest BCUT2D eigenvalue weighted by molar-refractivity contribution is 6.33. The van der Waals surface area contributed by atoms with E-state index in [1.807, 2.05) is 25.1 Å². The number of hydrogen-bond acceptors (Lipinski definition) is 4. The molecule has 1 saturated heterocycles. The Morgan fingerprint density at radius 3 is 2.34 bits per heavy atom. The van der Waals surface area contributed by atoms with Gasteiger partial charge in [-0.3, -0.25) is 9.59 Å². The summed E-state index contributed by atoms with van der Waals surface area (Å²) >= 11 is 12.5. The Hall–Kier alpha value is -1.88. The Labute approximate surface area is 180 Å². The first-order valence-electron chi connectivity index (χ1n) is 9.70. The maximum atomic E-state index is 13.3. The van der Waals surface area contributed by atoms with Crippen LogP contribution in [0.15, 0.2) is 36.4 Å². The average Bonchev–Trinajstić information content (AvgIpc) is 2.94. The van der Waals surface area contributed by atoms with Gasteiger partial charge in [0.2, 0.25) is 0 Å². The number of benzene rings is 2. The zero-order chi connectivity index (χ0) is 20.8. The SMILES string of the molecule is COC1CCC2(CC1)OC(=O)C(c1cc(Cl)c(-c3ccc(Cl)cc3)cc1C)C2=O. The maximum Gasteiger partial charge on any atom is 0.322 e. The molecule has 0 N–H and O–H groups in total. The summed E-state index contributed by atoms with van der Waals surface area (Å²) in [6, 6.07) is 11.0. The van der Waals surface area contributed by atoms with Gasteiger partial charge in [0.15, 0.2) is 11.4 Å².